The number of hydrogen-bond donors (Lipinski definition) is 1. The van der Waals surface area contributed by atoms with Gasteiger partial charge in [-0.15, -0.1) is 0 Å². The fraction of sp³-hybridized carbons (Fsp3) is 0.435. The zero-order valence-electron chi connectivity index (χ0n) is 18.6. The summed E-state index contributed by atoms with van der Waals surface area (Å²) in [6.07, 6.45) is 1.98. The second kappa shape index (κ2) is 10.8. The molecule has 1 N–H and O–H groups in total. The maximum absolute atomic E-state index is 12.8. The van der Waals surface area contributed by atoms with Crippen molar-refractivity contribution >= 4 is 23.0 Å². The van der Waals surface area contributed by atoms with Crippen LogP contribution in [0.4, 0.5) is 17.1 Å². The highest BCUT2D eigenvalue weighted by atomic mass is 16.6. The monoisotopic (exact) mass is 443 g/mol. The van der Waals surface area contributed by atoms with Crippen LogP contribution in [-0.2, 0) is 4.74 Å². The summed E-state index contributed by atoms with van der Waals surface area (Å²) >= 11 is 0. The third-order valence-electron chi connectivity index (χ3n) is 5.53. The first-order valence-corrected chi connectivity index (χ1v) is 10.6. The number of carbonyl (C=O) groups is 1. The normalized spacial score (nSPS) is 14.2. The Labute approximate surface area is 187 Å². The molecule has 1 aliphatic rings. The standard InChI is InChI=1S/C23H29N3O6/c1-16-8-10-25(11-9-16)19-6-4-17(14-20(19)26(28)29)23(27)24-18-5-7-21(31-3)22(15-18)32-13-12-30-2/h4-7,14-16H,8-13H2,1-3H3,(H,24,27). The van der Waals surface area contributed by atoms with Crippen LogP contribution < -0.4 is 19.7 Å². The fourth-order valence-electron chi connectivity index (χ4n) is 3.63. The van der Waals surface area contributed by atoms with Crippen LogP contribution in [0.1, 0.15) is 30.1 Å². The van der Waals surface area contributed by atoms with Crippen molar-refractivity contribution in [1.29, 1.82) is 0 Å². The molecule has 2 aromatic rings. The summed E-state index contributed by atoms with van der Waals surface area (Å²) in [4.78, 5) is 26.1. The number of amides is 1. The first kappa shape index (κ1) is 23.3. The summed E-state index contributed by atoms with van der Waals surface area (Å²) < 4.78 is 15.9. The molecule has 3 rings (SSSR count). The smallest absolute Gasteiger partial charge is 0.293 e. The summed E-state index contributed by atoms with van der Waals surface area (Å²) in [6.45, 7) is 4.46. The van der Waals surface area contributed by atoms with E-state index in [-0.39, 0.29) is 11.3 Å². The number of anilines is 2. The Morgan fingerprint density at radius 2 is 1.88 bits per heavy atom. The first-order valence-electron chi connectivity index (χ1n) is 10.6. The number of nitro benzene ring substituents is 1. The van der Waals surface area contributed by atoms with Gasteiger partial charge in [0.25, 0.3) is 11.6 Å². The molecule has 9 nitrogen and oxygen atoms in total. The van der Waals surface area contributed by atoms with Crippen LogP contribution in [0.2, 0.25) is 0 Å². The fourth-order valence-corrected chi connectivity index (χ4v) is 3.63. The van der Waals surface area contributed by atoms with Crippen molar-refractivity contribution in [3.63, 3.8) is 0 Å². The maximum atomic E-state index is 12.8. The van der Waals surface area contributed by atoms with Gasteiger partial charge < -0.3 is 24.4 Å². The van der Waals surface area contributed by atoms with Gasteiger partial charge in [0.2, 0.25) is 0 Å². The topological polar surface area (TPSA) is 103 Å². The number of ether oxygens (including phenoxy) is 3. The minimum Gasteiger partial charge on any atom is -0.493 e. The molecule has 9 heteroatoms. The van der Waals surface area contributed by atoms with Crippen LogP contribution in [0.5, 0.6) is 11.5 Å². The molecule has 1 heterocycles. The lowest BCUT2D eigenvalue weighted by atomic mass is 9.98. The molecule has 0 saturated carbocycles. The molecule has 1 aliphatic heterocycles. The second-order valence-electron chi connectivity index (χ2n) is 7.79. The van der Waals surface area contributed by atoms with E-state index in [0.717, 1.165) is 25.9 Å². The van der Waals surface area contributed by atoms with Gasteiger partial charge >= 0.3 is 0 Å². The molecule has 1 fully saturated rings. The third-order valence-corrected chi connectivity index (χ3v) is 5.53. The Morgan fingerprint density at radius 3 is 2.53 bits per heavy atom. The van der Waals surface area contributed by atoms with E-state index < -0.39 is 10.8 Å². The number of rotatable bonds is 9. The molecular formula is C23H29N3O6. The lowest BCUT2D eigenvalue weighted by Gasteiger charge is -2.31. The molecule has 32 heavy (non-hydrogen) atoms. The Kier molecular flexibility index (Phi) is 7.88. The molecule has 0 aromatic heterocycles. The summed E-state index contributed by atoms with van der Waals surface area (Å²) in [5.41, 5.74) is 1.19. The van der Waals surface area contributed by atoms with Crippen molar-refractivity contribution in [2.24, 2.45) is 5.92 Å². The summed E-state index contributed by atoms with van der Waals surface area (Å²) in [7, 11) is 3.11. The lowest BCUT2D eigenvalue weighted by molar-refractivity contribution is -0.384. The minimum absolute atomic E-state index is 0.0643. The number of nitrogens with zero attached hydrogens (tertiary/aromatic N) is 2. The number of piperidine rings is 1. The molecule has 0 radical (unpaired) electrons. The van der Waals surface area contributed by atoms with Gasteiger partial charge in [-0.3, -0.25) is 14.9 Å². The SMILES string of the molecule is COCCOc1cc(NC(=O)c2ccc(N3CCC(C)CC3)c([N+](=O)[O-])c2)ccc1OC. The van der Waals surface area contributed by atoms with Crippen molar-refractivity contribution < 1.29 is 23.9 Å². The maximum Gasteiger partial charge on any atom is 0.293 e. The highest BCUT2D eigenvalue weighted by molar-refractivity contribution is 6.05. The van der Waals surface area contributed by atoms with Gasteiger partial charge in [-0.1, -0.05) is 6.92 Å². The average molecular weight is 444 g/mol. The predicted octanol–water partition coefficient (Wildman–Crippen LogP) is 4.12. The molecule has 1 saturated heterocycles. The Bertz CT molecular complexity index is 957. The third kappa shape index (κ3) is 5.67. The molecule has 0 unspecified atom stereocenters. The summed E-state index contributed by atoms with van der Waals surface area (Å²) in [5.74, 6) is 1.15. The highest BCUT2D eigenvalue weighted by Crippen LogP contribution is 2.33. The Balaban J connectivity index is 1.78. The number of methoxy groups -OCH3 is 2. The Hall–Kier alpha value is -3.33. The highest BCUT2D eigenvalue weighted by Gasteiger charge is 2.25. The van der Waals surface area contributed by atoms with Crippen LogP contribution >= 0.6 is 0 Å². The van der Waals surface area contributed by atoms with E-state index in [4.69, 9.17) is 14.2 Å². The molecule has 0 atom stereocenters. The van der Waals surface area contributed by atoms with E-state index in [1.165, 1.54) is 13.2 Å². The van der Waals surface area contributed by atoms with Gasteiger partial charge in [0.1, 0.15) is 12.3 Å². The summed E-state index contributed by atoms with van der Waals surface area (Å²) in [5, 5.41) is 14.5. The van der Waals surface area contributed by atoms with Gasteiger partial charge in [0.15, 0.2) is 11.5 Å². The zero-order chi connectivity index (χ0) is 23.1. The Morgan fingerprint density at radius 1 is 1.12 bits per heavy atom. The van der Waals surface area contributed by atoms with E-state index in [1.807, 2.05) is 4.90 Å². The quantitative estimate of drug-likeness (QED) is 0.353. The van der Waals surface area contributed by atoms with Gasteiger partial charge in [0.05, 0.1) is 18.6 Å². The van der Waals surface area contributed by atoms with Crippen molar-refractivity contribution in [2.45, 2.75) is 19.8 Å². The molecular weight excluding hydrogens is 414 g/mol. The molecule has 0 aliphatic carbocycles. The number of nitro groups is 1. The molecule has 0 bridgehead atoms. The molecule has 0 spiro atoms. The largest absolute Gasteiger partial charge is 0.493 e. The lowest BCUT2D eigenvalue weighted by Crippen LogP contribution is -2.33. The number of benzene rings is 2. The van der Waals surface area contributed by atoms with Gasteiger partial charge in [-0.2, -0.15) is 0 Å². The zero-order valence-corrected chi connectivity index (χ0v) is 18.6. The molecule has 2 aromatic carbocycles. The first-order chi connectivity index (χ1) is 15.4. The minimum atomic E-state index is -0.445. The van der Waals surface area contributed by atoms with Gasteiger partial charge in [0, 0.05) is 43.6 Å². The number of carbonyl (C=O) groups excluding carboxylic acids is 1. The van der Waals surface area contributed by atoms with E-state index in [9.17, 15) is 14.9 Å². The van der Waals surface area contributed by atoms with E-state index in [0.29, 0.717) is 42.0 Å². The van der Waals surface area contributed by atoms with Crippen LogP contribution in [0, 0.1) is 16.0 Å². The van der Waals surface area contributed by atoms with Crippen molar-refractivity contribution in [3.8, 4) is 11.5 Å². The average Bonchev–Trinajstić information content (AvgIpc) is 2.79. The summed E-state index contributed by atoms with van der Waals surface area (Å²) in [6, 6.07) is 9.62. The predicted molar refractivity (Wildman–Crippen MR) is 122 cm³/mol. The van der Waals surface area contributed by atoms with Crippen LogP contribution in [0.15, 0.2) is 36.4 Å². The molecule has 1 amide bonds. The van der Waals surface area contributed by atoms with Crippen molar-refractivity contribution in [2.75, 3.05) is 50.7 Å². The van der Waals surface area contributed by atoms with Crippen LogP contribution in [0.25, 0.3) is 0 Å². The van der Waals surface area contributed by atoms with Crippen molar-refractivity contribution in [1.82, 2.24) is 0 Å². The molecule has 172 valence electrons. The van der Waals surface area contributed by atoms with Gasteiger partial charge in [-0.05, 0) is 43.0 Å². The number of nitrogens with one attached hydrogen (secondary N) is 1. The second-order valence-corrected chi connectivity index (χ2v) is 7.79. The van der Waals surface area contributed by atoms with E-state index >= 15 is 0 Å². The van der Waals surface area contributed by atoms with Gasteiger partial charge in [-0.25, -0.2) is 0 Å². The van der Waals surface area contributed by atoms with Crippen LogP contribution in [-0.4, -0.2) is 51.4 Å². The van der Waals surface area contributed by atoms with Crippen molar-refractivity contribution in [3.05, 3.63) is 52.1 Å². The van der Waals surface area contributed by atoms with E-state index in [1.54, 1.807) is 37.4 Å². The number of hydrogen-bond acceptors (Lipinski definition) is 7. The van der Waals surface area contributed by atoms with Crippen LogP contribution in [0.3, 0.4) is 0 Å². The van der Waals surface area contributed by atoms with E-state index in [2.05, 4.69) is 12.2 Å².